The van der Waals surface area contributed by atoms with Crippen LogP contribution >= 0.6 is 0 Å². The quantitative estimate of drug-likeness (QED) is 0.771. The molecule has 3 rings (SSSR count). The van der Waals surface area contributed by atoms with E-state index in [4.69, 9.17) is 19.5 Å². The summed E-state index contributed by atoms with van der Waals surface area (Å²) in [5, 5.41) is 9.15. The van der Waals surface area contributed by atoms with Crippen LogP contribution < -0.4 is 11.2 Å². The average Bonchev–Trinajstić information content (AvgIpc) is 2.84. The van der Waals surface area contributed by atoms with Crippen molar-refractivity contribution in [3.63, 3.8) is 0 Å². The zero-order valence-corrected chi connectivity index (χ0v) is 11.8. The van der Waals surface area contributed by atoms with Gasteiger partial charge in [0.2, 0.25) is 0 Å². The van der Waals surface area contributed by atoms with Gasteiger partial charge in [-0.2, -0.15) is 5.26 Å². The molecule has 8 nitrogen and oxygen atoms in total. The molecular weight excluding hydrogens is 278 g/mol. The maximum Gasteiger partial charge on any atom is 0.331 e. The van der Waals surface area contributed by atoms with E-state index < -0.39 is 29.4 Å². The Hall–Kier alpha value is -1.95. The van der Waals surface area contributed by atoms with Crippen molar-refractivity contribution < 1.29 is 14.2 Å². The summed E-state index contributed by atoms with van der Waals surface area (Å²) < 4.78 is 18.4. The maximum absolute atomic E-state index is 12.0. The SMILES string of the molecule is CC1OC(n2c(C#N)cc(=O)[nH]c2=O)C2OC(C)(C)OC12. The maximum atomic E-state index is 12.0. The Morgan fingerprint density at radius 3 is 2.67 bits per heavy atom. The first-order valence-electron chi connectivity index (χ1n) is 6.59. The molecule has 1 aromatic heterocycles. The zero-order chi connectivity index (χ0) is 15.4. The molecule has 0 bridgehead atoms. The Morgan fingerprint density at radius 1 is 1.33 bits per heavy atom. The molecule has 2 aliphatic heterocycles. The standard InChI is InChI=1S/C13H15N3O5/c1-6-9-10(21-13(2,3)20-9)11(19-6)16-7(5-14)4-8(17)15-12(16)18/h4,6,9-11H,1-3H3,(H,15,17,18). The number of nitriles is 1. The molecule has 1 aromatic rings. The third-order valence-electron chi connectivity index (χ3n) is 3.61. The van der Waals surface area contributed by atoms with Crippen LogP contribution in [-0.4, -0.2) is 33.7 Å². The number of hydrogen-bond acceptors (Lipinski definition) is 6. The predicted octanol–water partition coefficient (Wildman–Crippen LogP) is -0.154. The molecule has 2 fully saturated rings. The van der Waals surface area contributed by atoms with E-state index in [0.717, 1.165) is 10.6 Å². The summed E-state index contributed by atoms with van der Waals surface area (Å²) in [5.41, 5.74) is -1.40. The van der Waals surface area contributed by atoms with Gasteiger partial charge in [-0.1, -0.05) is 0 Å². The number of fused-ring (bicyclic) bond motifs is 1. The monoisotopic (exact) mass is 293 g/mol. The first-order chi connectivity index (χ1) is 9.82. The van der Waals surface area contributed by atoms with E-state index in [-0.39, 0.29) is 17.9 Å². The molecule has 0 aromatic carbocycles. The number of nitrogens with zero attached hydrogens (tertiary/aromatic N) is 2. The minimum Gasteiger partial charge on any atom is -0.349 e. The normalized spacial score (nSPS) is 33.6. The number of rotatable bonds is 1. The number of H-pyrrole nitrogens is 1. The van der Waals surface area contributed by atoms with E-state index in [2.05, 4.69) is 4.98 Å². The van der Waals surface area contributed by atoms with E-state index in [0.29, 0.717) is 0 Å². The van der Waals surface area contributed by atoms with Crippen molar-refractivity contribution in [3.8, 4) is 6.07 Å². The van der Waals surface area contributed by atoms with Gasteiger partial charge in [-0.3, -0.25) is 14.3 Å². The van der Waals surface area contributed by atoms with Crippen molar-refractivity contribution in [2.24, 2.45) is 0 Å². The Morgan fingerprint density at radius 2 is 2.00 bits per heavy atom. The molecular formula is C13H15N3O5. The first kappa shape index (κ1) is 14.0. The molecule has 21 heavy (non-hydrogen) atoms. The van der Waals surface area contributed by atoms with Crippen molar-refractivity contribution in [1.29, 1.82) is 5.26 Å². The van der Waals surface area contributed by atoms with Crippen LogP contribution in [0.2, 0.25) is 0 Å². The van der Waals surface area contributed by atoms with Gasteiger partial charge in [0.15, 0.2) is 12.0 Å². The van der Waals surface area contributed by atoms with E-state index >= 15 is 0 Å². The second-order valence-electron chi connectivity index (χ2n) is 5.60. The molecule has 2 saturated heterocycles. The molecule has 3 heterocycles. The zero-order valence-electron chi connectivity index (χ0n) is 11.8. The van der Waals surface area contributed by atoms with Crippen LogP contribution in [0.3, 0.4) is 0 Å². The Bertz CT molecular complexity index is 729. The topological polar surface area (TPSA) is 106 Å². The molecule has 0 aliphatic carbocycles. The van der Waals surface area contributed by atoms with Crippen LogP contribution in [0.4, 0.5) is 0 Å². The second kappa shape index (κ2) is 4.53. The number of aromatic nitrogens is 2. The summed E-state index contributed by atoms with van der Waals surface area (Å²) in [5.74, 6) is -0.787. The fraction of sp³-hybridized carbons (Fsp3) is 0.615. The molecule has 112 valence electrons. The second-order valence-corrected chi connectivity index (χ2v) is 5.60. The lowest BCUT2D eigenvalue weighted by atomic mass is 10.1. The van der Waals surface area contributed by atoms with Crippen LogP contribution in [0.5, 0.6) is 0 Å². The van der Waals surface area contributed by atoms with Crippen LogP contribution in [-0.2, 0) is 14.2 Å². The van der Waals surface area contributed by atoms with Crippen molar-refractivity contribution in [1.82, 2.24) is 9.55 Å². The predicted molar refractivity (Wildman–Crippen MR) is 69.4 cm³/mol. The highest BCUT2D eigenvalue weighted by Crippen LogP contribution is 2.42. The number of hydrogen-bond donors (Lipinski definition) is 1. The van der Waals surface area contributed by atoms with Crippen molar-refractivity contribution >= 4 is 0 Å². The van der Waals surface area contributed by atoms with E-state index in [1.165, 1.54) is 0 Å². The van der Waals surface area contributed by atoms with Gasteiger partial charge >= 0.3 is 5.69 Å². The van der Waals surface area contributed by atoms with Gasteiger partial charge in [-0.05, 0) is 20.8 Å². The fourth-order valence-corrected chi connectivity index (χ4v) is 2.83. The smallest absolute Gasteiger partial charge is 0.331 e. The molecule has 4 atom stereocenters. The Labute approximate surface area is 119 Å². The minimum absolute atomic E-state index is 0.0742. The van der Waals surface area contributed by atoms with Gasteiger partial charge in [0.05, 0.1) is 6.10 Å². The fourth-order valence-electron chi connectivity index (χ4n) is 2.83. The molecule has 1 N–H and O–H groups in total. The lowest BCUT2D eigenvalue weighted by molar-refractivity contribution is -0.195. The summed E-state index contributed by atoms with van der Waals surface area (Å²) in [4.78, 5) is 25.5. The third-order valence-corrected chi connectivity index (χ3v) is 3.61. The van der Waals surface area contributed by atoms with Crippen molar-refractivity contribution in [2.75, 3.05) is 0 Å². The molecule has 0 saturated carbocycles. The highest BCUT2D eigenvalue weighted by Gasteiger charge is 2.55. The van der Waals surface area contributed by atoms with Crippen molar-refractivity contribution in [2.45, 2.75) is 51.1 Å². The van der Waals surface area contributed by atoms with Crippen LogP contribution in [0.15, 0.2) is 15.7 Å². The van der Waals surface area contributed by atoms with Crippen LogP contribution in [0.1, 0.15) is 32.7 Å². The Kier molecular flexibility index (Phi) is 3.02. The number of nitrogens with one attached hydrogen (secondary N) is 1. The van der Waals surface area contributed by atoms with Gasteiger partial charge in [0.25, 0.3) is 5.56 Å². The molecule has 0 spiro atoms. The van der Waals surface area contributed by atoms with Gasteiger partial charge < -0.3 is 14.2 Å². The molecule has 8 heteroatoms. The lowest BCUT2D eigenvalue weighted by Crippen LogP contribution is -2.39. The molecule has 2 aliphatic rings. The minimum atomic E-state index is -0.814. The number of aromatic amines is 1. The summed E-state index contributed by atoms with van der Waals surface area (Å²) in [6.45, 7) is 5.36. The van der Waals surface area contributed by atoms with Gasteiger partial charge in [-0.25, -0.2) is 4.79 Å². The molecule has 0 radical (unpaired) electrons. The van der Waals surface area contributed by atoms with E-state index in [9.17, 15) is 9.59 Å². The first-order valence-corrected chi connectivity index (χ1v) is 6.59. The van der Waals surface area contributed by atoms with Gasteiger partial charge in [0, 0.05) is 6.07 Å². The highest BCUT2D eigenvalue weighted by atomic mass is 16.8. The lowest BCUT2D eigenvalue weighted by Gasteiger charge is -2.24. The van der Waals surface area contributed by atoms with Crippen molar-refractivity contribution in [3.05, 3.63) is 32.6 Å². The summed E-state index contributed by atoms with van der Waals surface area (Å²) in [7, 11) is 0. The summed E-state index contributed by atoms with van der Waals surface area (Å²) in [6.07, 6.45) is -1.97. The number of ether oxygens (including phenoxy) is 3. The third kappa shape index (κ3) is 2.19. The highest BCUT2D eigenvalue weighted by molar-refractivity contribution is 5.20. The van der Waals surface area contributed by atoms with Crippen LogP contribution in [0, 0.1) is 11.3 Å². The largest absolute Gasteiger partial charge is 0.349 e. The van der Waals surface area contributed by atoms with Crippen LogP contribution in [0.25, 0.3) is 0 Å². The Balaban J connectivity index is 2.09. The summed E-state index contributed by atoms with van der Waals surface area (Å²) in [6, 6.07) is 2.90. The van der Waals surface area contributed by atoms with Gasteiger partial charge in [-0.15, -0.1) is 0 Å². The van der Waals surface area contributed by atoms with E-state index in [1.807, 2.05) is 13.0 Å². The van der Waals surface area contributed by atoms with E-state index in [1.54, 1.807) is 13.8 Å². The summed E-state index contributed by atoms with van der Waals surface area (Å²) >= 11 is 0. The average molecular weight is 293 g/mol. The molecule has 0 amide bonds. The molecule has 4 unspecified atom stereocenters. The van der Waals surface area contributed by atoms with Gasteiger partial charge in [0.1, 0.15) is 24.0 Å².